The van der Waals surface area contributed by atoms with Gasteiger partial charge in [0.2, 0.25) is 0 Å². The van der Waals surface area contributed by atoms with E-state index in [-0.39, 0.29) is 16.1 Å². The second-order valence-electron chi connectivity index (χ2n) is 3.80. The van der Waals surface area contributed by atoms with Crippen LogP contribution in [-0.4, -0.2) is 20.2 Å². The molecule has 0 radical (unpaired) electrons. The van der Waals surface area contributed by atoms with Crippen molar-refractivity contribution in [3.63, 3.8) is 0 Å². The Labute approximate surface area is 101 Å². The Morgan fingerprint density at radius 1 is 1.44 bits per heavy atom. The summed E-state index contributed by atoms with van der Waals surface area (Å²) in [5.74, 6) is -1.49. The summed E-state index contributed by atoms with van der Waals surface area (Å²) in [6, 6.07) is 1.50. The zero-order valence-corrected chi connectivity index (χ0v) is 10.4. The van der Waals surface area contributed by atoms with Crippen molar-refractivity contribution in [1.29, 1.82) is 0 Å². The number of hydrogen-bond donors (Lipinski definition) is 1. The van der Waals surface area contributed by atoms with Gasteiger partial charge >= 0.3 is 0 Å². The third-order valence-corrected chi connectivity index (χ3v) is 3.43. The van der Waals surface area contributed by atoms with Crippen molar-refractivity contribution in [3.05, 3.63) is 27.7 Å². The van der Waals surface area contributed by atoms with Gasteiger partial charge < -0.3 is 10.1 Å². The lowest BCUT2D eigenvalue weighted by Gasteiger charge is -2.14. The SMILES string of the molecule is COc1c(F)c(Br)cc(C2CCNC2)c1F. The van der Waals surface area contributed by atoms with E-state index in [9.17, 15) is 8.78 Å². The van der Waals surface area contributed by atoms with E-state index in [1.165, 1.54) is 13.2 Å². The highest BCUT2D eigenvalue weighted by Crippen LogP contribution is 2.35. The fourth-order valence-electron chi connectivity index (χ4n) is 2.00. The number of hydrogen-bond acceptors (Lipinski definition) is 2. The predicted octanol–water partition coefficient (Wildman–Crippen LogP) is 2.81. The Bertz CT molecular complexity index is 405. The van der Waals surface area contributed by atoms with Crippen LogP contribution in [0.25, 0.3) is 0 Å². The van der Waals surface area contributed by atoms with Gasteiger partial charge in [0.25, 0.3) is 0 Å². The van der Waals surface area contributed by atoms with Crippen LogP contribution in [0, 0.1) is 11.6 Å². The van der Waals surface area contributed by atoms with Gasteiger partial charge in [0.05, 0.1) is 11.6 Å². The summed E-state index contributed by atoms with van der Waals surface area (Å²) < 4.78 is 32.5. The monoisotopic (exact) mass is 291 g/mol. The predicted molar refractivity (Wildman–Crippen MR) is 60.8 cm³/mol. The zero-order chi connectivity index (χ0) is 11.7. The van der Waals surface area contributed by atoms with E-state index < -0.39 is 11.6 Å². The molecule has 0 saturated carbocycles. The van der Waals surface area contributed by atoms with Crippen LogP contribution in [0.5, 0.6) is 5.75 Å². The maximum Gasteiger partial charge on any atom is 0.191 e. The molecule has 16 heavy (non-hydrogen) atoms. The Morgan fingerprint density at radius 2 is 2.19 bits per heavy atom. The van der Waals surface area contributed by atoms with Gasteiger partial charge in [-0.25, -0.2) is 8.78 Å². The molecule has 88 valence electrons. The highest BCUT2D eigenvalue weighted by Gasteiger charge is 2.25. The van der Waals surface area contributed by atoms with Crippen LogP contribution in [0.15, 0.2) is 10.5 Å². The van der Waals surface area contributed by atoms with E-state index in [1.807, 2.05) is 0 Å². The topological polar surface area (TPSA) is 21.3 Å². The van der Waals surface area contributed by atoms with E-state index in [2.05, 4.69) is 21.2 Å². The summed E-state index contributed by atoms with van der Waals surface area (Å²) in [7, 11) is 1.27. The van der Waals surface area contributed by atoms with Gasteiger partial charge in [-0.15, -0.1) is 0 Å². The molecule has 2 rings (SSSR count). The summed E-state index contributed by atoms with van der Waals surface area (Å²) >= 11 is 3.08. The molecular formula is C11H12BrF2NO. The van der Waals surface area contributed by atoms with Crippen molar-refractivity contribution in [2.45, 2.75) is 12.3 Å². The minimum absolute atomic E-state index is 0.0887. The molecule has 1 saturated heterocycles. The quantitative estimate of drug-likeness (QED) is 0.846. The molecular weight excluding hydrogens is 280 g/mol. The molecule has 1 aliphatic heterocycles. The van der Waals surface area contributed by atoms with Crippen LogP contribution in [0.3, 0.4) is 0 Å². The van der Waals surface area contributed by atoms with Crippen LogP contribution in [-0.2, 0) is 0 Å². The molecule has 1 fully saturated rings. The molecule has 1 aromatic rings. The van der Waals surface area contributed by atoms with Crippen LogP contribution in [0.2, 0.25) is 0 Å². The van der Waals surface area contributed by atoms with Crippen LogP contribution in [0.4, 0.5) is 8.78 Å². The molecule has 0 aromatic heterocycles. The fraction of sp³-hybridized carbons (Fsp3) is 0.455. The van der Waals surface area contributed by atoms with Crippen LogP contribution < -0.4 is 10.1 Å². The van der Waals surface area contributed by atoms with Gasteiger partial charge in [-0.3, -0.25) is 0 Å². The lowest BCUT2D eigenvalue weighted by molar-refractivity contribution is 0.355. The largest absolute Gasteiger partial charge is 0.491 e. The minimum Gasteiger partial charge on any atom is -0.491 e. The number of rotatable bonds is 2. The van der Waals surface area contributed by atoms with Crippen LogP contribution in [0.1, 0.15) is 17.9 Å². The first-order valence-corrected chi connectivity index (χ1v) is 5.86. The smallest absolute Gasteiger partial charge is 0.191 e. The van der Waals surface area contributed by atoms with Gasteiger partial charge in [-0.05, 0) is 40.5 Å². The molecule has 0 aliphatic carbocycles. The highest BCUT2D eigenvalue weighted by molar-refractivity contribution is 9.10. The average Bonchev–Trinajstić information content (AvgIpc) is 2.77. The molecule has 1 atom stereocenters. The number of ether oxygens (including phenoxy) is 1. The van der Waals surface area contributed by atoms with Gasteiger partial charge in [0.1, 0.15) is 0 Å². The standard InChI is InChI=1S/C11H12BrF2NO/c1-16-11-9(13)7(4-8(12)10(11)14)6-2-3-15-5-6/h4,6,15H,2-3,5H2,1H3. The second-order valence-corrected chi connectivity index (χ2v) is 4.65. The first-order chi connectivity index (χ1) is 7.65. The number of nitrogens with one attached hydrogen (secondary N) is 1. The lowest BCUT2D eigenvalue weighted by Crippen LogP contribution is -2.10. The Balaban J connectivity index is 2.49. The minimum atomic E-state index is -0.685. The molecule has 1 aliphatic rings. The summed E-state index contributed by atoms with van der Waals surface area (Å²) in [5.41, 5.74) is 0.509. The van der Waals surface area contributed by atoms with Gasteiger partial charge in [0, 0.05) is 12.5 Å². The second kappa shape index (κ2) is 4.67. The summed E-state index contributed by atoms with van der Waals surface area (Å²) in [6.45, 7) is 1.58. The molecule has 5 heteroatoms. The number of benzene rings is 1. The number of methoxy groups -OCH3 is 1. The third-order valence-electron chi connectivity index (χ3n) is 2.85. The van der Waals surface area contributed by atoms with Gasteiger partial charge in [0.15, 0.2) is 17.4 Å². The van der Waals surface area contributed by atoms with E-state index in [4.69, 9.17) is 4.74 Å². The molecule has 1 heterocycles. The highest BCUT2D eigenvalue weighted by atomic mass is 79.9. The van der Waals surface area contributed by atoms with E-state index in [1.54, 1.807) is 0 Å². The van der Waals surface area contributed by atoms with Crippen molar-refractivity contribution in [3.8, 4) is 5.75 Å². The fourth-order valence-corrected chi connectivity index (χ4v) is 2.42. The normalized spacial score (nSPS) is 20.1. The molecule has 0 spiro atoms. The summed E-state index contributed by atoms with van der Waals surface area (Å²) in [4.78, 5) is 0. The maximum absolute atomic E-state index is 14.0. The van der Waals surface area contributed by atoms with E-state index in [0.717, 1.165) is 19.5 Å². The molecule has 1 unspecified atom stereocenters. The Morgan fingerprint density at radius 3 is 2.75 bits per heavy atom. The van der Waals surface area contributed by atoms with Crippen molar-refractivity contribution in [1.82, 2.24) is 5.32 Å². The van der Waals surface area contributed by atoms with Crippen LogP contribution >= 0.6 is 15.9 Å². The van der Waals surface area contributed by atoms with Crippen molar-refractivity contribution in [2.75, 3.05) is 20.2 Å². The molecule has 1 N–H and O–H groups in total. The third kappa shape index (κ3) is 1.94. The zero-order valence-electron chi connectivity index (χ0n) is 8.82. The average molecular weight is 292 g/mol. The summed E-state index contributed by atoms with van der Waals surface area (Å²) in [5, 5.41) is 3.15. The lowest BCUT2D eigenvalue weighted by atomic mass is 9.97. The first-order valence-electron chi connectivity index (χ1n) is 5.07. The van der Waals surface area contributed by atoms with Crippen molar-refractivity contribution < 1.29 is 13.5 Å². The molecule has 1 aromatic carbocycles. The van der Waals surface area contributed by atoms with Gasteiger partial charge in [-0.1, -0.05) is 0 Å². The van der Waals surface area contributed by atoms with Crippen molar-refractivity contribution >= 4 is 15.9 Å². The molecule has 2 nitrogen and oxygen atoms in total. The first kappa shape index (κ1) is 11.8. The number of halogens is 3. The maximum atomic E-state index is 14.0. The summed E-state index contributed by atoms with van der Waals surface area (Å²) in [6.07, 6.45) is 0.859. The van der Waals surface area contributed by atoms with Gasteiger partial charge in [-0.2, -0.15) is 0 Å². The van der Waals surface area contributed by atoms with E-state index >= 15 is 0 Å². The molecule has 0 bridgehead atoms. The Hall–Kier alpha value is -0.680. The Kier molecular flexibility index (Phi) is 3.44. The molecule has 0 amide bonds. The van der Waals surface area contributed by atoms with Crippen molar-refractivity contribution in [2.24, 2.45) is 0 Å². The van der Waals surface area contributed by atoms with E-state index in [0.29, 0.717) is 5.56 Å².